The fourth-order valence-corrected chi connectivity index (χ4v) is 3.19. The molecule has 0 heterocycles. The fraction of sp³-hybridized carbons (Fsp3) is 0.438. The number of hydrogen-bond acceptors (Lipinski definition) is 3. The fourth-order valence-electron chi connectivity index (χ4n) is 2.43. The minimum absolute atomic E-state index is 0. The van der Waals surface area contributed by atoms with Crippen molar-refractivity contribution in [2.45, 2.75) is 31.2 Å². The van der Waals surface area contributed by atoms with Crippen LogP contribution >= 0.6 is 24.0 Å². The quantitative estimate of drug-likeness (QED) is 0.259. The summed E-state index contributed by atoms with van der Waals surface area (Å²) in [5.74, 6) is 0.741. The molecule has 0 bridgehead atoms. The topological polar surface area (TPSA) is 82.6 Å². The Hall–Kier alpha value is -1.13. The van der Waals surface area contributed by atoms with Crippen LogP contribution in [0.3, 0.4) is 0 Å². The van der Waals surface area contributed by atoms with Crippen molar-refractivity contribution < 1.29 is 8.42 Å². The van der Waals surface area contributed by atoms with E-state index < -0.39 is 10.0 Å². The molecular weight excluding hydrogens is 439 g/mol. The third-order valence-electron chi connectivity index (χ3n) is 3.69. The molecule has 0 fully saturated rings. The summed E-state index contributed by atoms with van der Waals surface area (Å²) in [6, 6.07) is 7.94. The molecule has 8 heteroatoms. The van der Waals surface area contributed by atoms with Crippen molar-refractivity contribution in [1.29, 1.82) is 0 Å². The van der Waals surface area contributed by atoms with Gasteiger partial charge < -0.3 is 10.6 Å². The zero-order valence-corrected chi connectivity index (χ0v) is 17.1. The molecule has 6 nitrogen and oxygen atoms in total. The molecule has 0 radical (unpaired) electrons. The molecule has 24 heavy (non-hydrogen) atoms. The van der Waals surface area contributed by atoms with E-state index in [0.717, 1.165) is 29.9 Å². The molecule has 0 saturated carbocycles. The van der Waals surface area contributed by atoms with Gasteiger partial charge in [0.05, 0.1) is 5.75 Å². The molecule has 1 aromatic carbocycles. The Kier molecular flexibility index (Phi) is 8.71. The second-order valence-electron chi connectivity index (χ2n) is 5.49. The van der Waals surface area contributed by atoms with Crippen molar-refractivity contribution in [3.8, 4) is 0 Å². The van der Waals surface area contributed by atoms with Gasteiger partial charge in [-0.1, -0.05) is 36.4 Å². The van der Waals surface area contributed by atoms with Crippen LogP contribution in [0, 0.1) is 0 Å². The summed E-state index contributed by atoms with van der Waals surface area (Å²) in [5, 5.41) is 6.63. The van der Waals surface area contributed by atoms with E-state index in [1.807, 2.05) is 24.3 Å². The number of aliphatic imine (C=N–C) groups is 1. The molecule has 1 aliphatic rings. The minimum Gasteiger partial charge on any atom is -0.353 e. The van der Waals surface area contributed by atoms with Gasteiger partial charge in [-0.25, -0.2) is 13.1 Å². The maximum Gasteiger partial charge on any atom is 0.215 e. The Morgan fingerprint density at radius 2 is 1.92 bits per heavy atom. The first-order valence-electron chi connectivity index (χ1n) is 7.63. The lowest BCUT2D eigenvalue weighted by molar-refractivity contribution is 0.587. The van der Waals surface area contributed by atoms with Crippen molar-refractivity contribution in [3.05, 3.63) is 47.5 Å². The summed E-state index contributed by atoms with van der Waals surface area (Å²) in [4.78, 5) is 4.22. The normalized spacial score (nSPS) is 15.2. The number of hydrogen-bond donors (Lipinski definition) is 3. The predicted molar refractivity (Wildman–Crippen MR) is 109 cm³/mol. The molecule has 0 atom stereocenters. The van der Waals surface area contributed by atoms with Crippen LogP contribution in [0.25, 0.3) is 0 Å². The summed E-state index contributed by atoms with van der Waals surface area (Å²) < 4.78 is 25.6. The van der Waals surface area contributed by atoms with Gasteiger partial charge >= 0.3 is 0 Å². The second kappa shape index (κ2) is 10.00. The molecule has 0 saturated heterocycles. The lowest BCUT2D eigenvalue weighted by Crippen LogP contribution is -2.42. The Morgan fingerprint density at radius 3 is 2.54 bits per heavy atom. The first kappa shape index (κ1) is 20.9. The number of sulfonamides is 1. The highest BCUT2D eigenvalue weighted by molar-refractivity contribution is 14.0. The number of nitrogens with one attached hydrogen (secondary N) is 3. The molecule has 134 valence electrons. The van der Waals surface area contributed by atoms with Gasteiger partial charge in [-0.3, -0.25) is 4.99 Å². The summed E-state index contributed by atoms with van der Waals surface area (Å²) >= 11 is 0. The molecule has 0 unspecified atom stereocenters. The largest absolute Gasteiger partial charge is 0.353 e. The highest BCUT2D eigenvalue weighted by Crippen LogP contribution is 2.10. The molecule has 0 aliphatic heterocycles. The van der Waals surface area contributed by atoms with Gasteiger partial charge in [0.25, 0.3) is 0 Å². The van der Waals surface area contributed by atoms with E-state index in [0.29, 0.717) is 12.6 Å². The summed E-state index contributed by atoms with van der Waals surface area (Å²) in [5.41, 5.74) is 1.78. The third-order valence-corrected chi connectivity index (χ3v) is 5.03. The van der Waals surface area contributed by atoms with Crippen LogP contribution in [0.2, 0.25) is 0 Å². The zero-order valence-electron chi connectivity index (χ0n) is 14.0. The van der Waals surface area contributed by atoms with Crippen molar-refractivity contribution in [3.63, 3.8) is 0 Å². The molecule has 0 aromatic heterocycles. The third kappa shape index (κ3) is 6.78. The second-order valence-corrected chi connectivity index (χ2v) is 7.42. The standard InChI is InChI=1S/C16H24N4O2S.HI/c1-17-16(20-15-8-3-4-9-15)19-11-13-6-5-7-14(10-13)12-23(21,22)18-2;/h3-7,10,15,18H,8-9,11-12H2,1-2H3,(H2,17,19,20);1H. The van der Waals surface area contributed by atoms with Crippen LogP contribution in [-0.4, -0.2) is 34.5 Å². The summed E-state index contributed by atoms with van der Waals surface area (Å²) in [6.07, 6.45) is 6.35. The first-order valence-corrected chi connectivity index (χ1v) is 9.29. The van der Waals surface area contributed by atoms with Crippen LogP contribution in [0.15, 0.2) is 41.4 Å². The van der Waals surface area contributed by atoms with Crippen LogP contribution in [0.1, 0.15) is 24.0 Å². The van der Waals surface area contributed by atoms with Gasteiger partial charge in [0.2, 0.25) is 10.0 Å². The predicted octanol–water partition coefficient (Wildman–Crippen LogP) is 1.74. The van der Waals surface area contributed by atoms with Crippen molar-refractivity contribution in [1.82, 2.24) is 15.4 Å². The van der Waals surface area contributed by atoms with Crippen molar-refractivity contribution in [2.24, 2.45) is 4.99 Å². The van der Waals surface area contributed by atoms with E-state index in [1.165, 1.54) is 7.05 Å². The average molecular weight is 464 g/mol. The van der Waals surface area contributed by atoms with Crippen LogP contribution in [0.4, 0.5) is 0 Å². The maximum atomic E-state index is 11.6. The highest BCUT2D eigenvalue weighted by atomic mass is 127. The highest BCUT2D eigenvalue weighted by Gasteiger charge is 2.12. The van der Waals surface area contributed by atoms with Crippen LogP contribution in [-0.2, 0) is 22.3 Å². The SMILES string of the molecule is CN=C(NCc1cccc(CS(=O)(=O)NC)c1)NC1CC=CC1.I. The molecule has 2 rings (SSSR count). The number of guanidine groups is 1. The smallest absolute Gasteiger partial charge is 0.215 e. The number of nitrogens with zero attached hydrogens (tertiary/aromatic N) is 1. The number of halogens is 1. The Balaban J connectivity index is 0.00000288. The zero-order chi connectivity index (χ0) is 16.7. The summed E-state index contributed by atoms with van der Waals surface area (Å²) in [6.45, 7) is 0.591. The van der Waals surface area contributed by atoms with E-state index in [4.69, 9.17) is 0 Å². The Labute approximate surface area is 161 Å². The number of rotatable bonds is 6. The Bertz CT molecular complexity index is 681. The molecule has 1 aliphatic carbocycles. The lowest BCUT2D eigenvalue weighted by atomic mass is 10.1. The molecule has 0 amide bonds. The van der Waals surface area contributed by atoms with Gasteiger partial charge in [-0.05, 0) is 31.0 Å². The first-order chi connectivity index (χ1) is 11.0. The van der Waals surface area contributed by atoms with E-state index in [9.17, 15) is 8.42 Å². The average Bonchev–Trinajstić information content (AvgIpc) is 3.04. The van der Waals surface area contributed by atoms with Gasteiger partial charge in [-0.15, -0.1) is 24.0 Å². The van der Waals surface area contributed by atoms with Gasteiger partial charge in [0.1, 0.15) is 0 Å². The van der Waals surface area contributed by atoms with Crippen molar-refractivity contribution >= 4 is 40.0 Å². The maximum absolute atomic E-state index is 11.6. The van der Waals surface area contributed by atoms with Crippen LogP contribution in [0.5, 0.6) is 0 Å². The molecular formula is C16H25IN4O2S. The summed E-state index contributed by atoms with van der Waals surface area (Å²) in [7, 11) is -0.0858. The van der Waals surface area contributed by atoms with Gasteiger partial charge in [-0.2, -0.15) is 0 Å². The Morgan fingerprint density at radius 1 is 1.25 bits per heavy atom. The van der Waals surface area contributed by atoms with Crippen LogP contribution < -0.4 is 15.4 Å². The van der Waals surface area contributed by atoms with Gasteiger partial charge in [0.15, 0.2) is 5.96 Å². The van der Waals surface area contributed by atoms with E-state index in [-0.39, 0.29) is 29.7 Å². The van der Waals surface area contributed by atoms with E-state index in [2.05, 4.69) is 32.5 Å². The van der Waals surface area contributed by atoms with E-state index in [1.54, 1.807) is 7.05 Å². The van der Waals surface area contributed by atoms with Crippen molar-refractivity contribution in [2.75, 3.05) is 14.1 Å². The molecule has 3 N–H and O–H groups in total. The molecule has 1 aromatic rings. The van der Waals surface area contributed by atoms with E-state index >= 15 is 0 Å². The lowest BCUT2D eigenvalue weighted by Gasteiger charge is -2.17. The molecule has 0 spiro atoms. The monoisotopic (exact) mass is 464 g/mol. The minimum atomic E-state index is -3.25. The number of benzene rings is 1. The van der Waals surface area contributed by atoms with Gasteiger partial charge in [0, 0.05) is 19.6 Å².